The molecule has 2 N–H and O–H groups in total. The standard InChI is InChI=1S/C20H15N3O5/c21-9-12(19-22-13-5-1-2-6-14(13)23-19)15(24)10-27-20(25)18-11-26-16-7-3-4-8-17(16)28-18/h1-8,18,24H,10-11H2,(H,22,23)/b15-12-. The number of fused-ring (bicyclic) bond motifs is 2. The van der Waals surface area contributed by atoms with Crippen molar-refractivity contribution in [3.05, 3.63) is 60.1 Å². The molecular weight excluding hydrogens is 362 g/mol. The zero-order chi connectivity index (χ0) is 19.5. The Bertz CT molecular complexity index is 1080. The number of ether oxygens (including phenoxy) is 3. The number of carbonyl (C=O) groups is 1. The van der Waals surface area contributed by atoms with Crippen LogP contribution >= 0.6 is 0 Å². The van der Waals surface area contributed by atoms with E-state index in [-0.39, 0.29) is 18.0 Å². The summed E-state index contributed by atoms with van der Waals surface area (Å²) < 4.78 is 16.1. The monoisotopic (exact) mass is 377 g/mol. The van der Waals surface area contributed by atoms with Crippen molar-refractivity contribution >= 4 is 22.6 Å². The van der Waals surface area contributed by atoms with Crippen LogP contribution in [0.5, 0.6) is 11.5 Å². The largest absolute Gasteiger partial charge is 0.507 e. The number of imidazole rings is 1. The van der Waals surface area contributed by atoms with Crippen molar-refractivity contribution in [1.29, 1.82) is 5.26 Å². The first kappa shape index (κ1) is 17.4. The van der Waals surface area contributed by atoms with Crippen molar-refractivity contribution in [3.8, 4) is 17.6 Å². The summed E-state index contributed by atoms with van der Waals surface area (Å²) >= 11 is 0. The predicted molar refractivity (Wildman–Crippen MR) is 98.6 cm³/mol. The lowest BCUT2D eigenvalue weighted by Crippen LogP contribution is -2.38. The SMILES string of the molecule is N#C/C(=C(/O)COC(=O)C1COc2ccccc2O1)c1nc2ccccc2[nH]1. The molecule has 1 aromatic heterocycles. The number of hydrogen-bond donors (Lipinski definition) is 2. The molecule has 0 saturated heterocycles. The van der Waals surface area contributed by atoms with Crippen molar-refractivity contribution in [3.63, 3.8) is 0 Å². The van der Waals surface area contributed by atoms with E-state index in [1.54, 1.807) is 36.4 Å². The Morgan fingerprint density at radius 2 is 2.00 bits per heavy atom. The summed E-state index contributed by atoms with van der Waals surface area (Å²) in [6.07, 6.45) is -0.959. The van der Waals surface area contributed by atoms with E-state index >= 15 is 0 Å². The molecule has 0 fully saturated rings. The molecule has 0 spiro atoms. The molecule has 0 radical (unpaired) electrons. The van der Waals surface area contributed by atoms with Gasteiger partial charge in [-0.3, -0.25) is 0 Å². The Kier molecular flexibility index (Phi) is 4.56. The van der Waals surface area contributed by atoms with Crippen LogP contribution in [0.25, 0.3) is 16.6 Å². The van der Waals surface area contributed by atoms with E-state index in [1.165, 1.54) is 0 Å². The maximum Gasteiger partial charge on any atom is 0.351 e. The number of esters is 1. The molecule has 1 unspecified atom stereocenters. The van der Waals surface area contributed by atoms with Crippen LogP contribution in [0.4, 0.5) is 0 Å². The second-order valence-electron chi connectivity index (χ2n) is 6.01. The number of nitrogens with one attached hydrogen (secondary N) is 1. The Labute approximate surface area is 159 Å². The van der Waals surface area contributed by atoms with Crippen LogP contribution in [0.2, 0.25) is 0 Å². The van der Waals surface area contributed by atoms with Crippen LogP contribution in [-0.4, -0.2) is 40.4 Å². The highest BCUT2D eigenvalue weighted by molar-refractivity contribution is 5.83. The fourth-order valence-electron chi connectivity index (χ4n) is 2.77. The van der Waals surface area contributed by atoms with Gasteiger partial charge in [-0.05, 0) is 24.3 Å². The first-order chi connectivity index (χ1) is 13.7. The minimum Gasteiger partial charge on any atom is -0.507 e. The van der Waals surface area contributed by atoms with Gasteiger partial charge in [-0.15, -0.1) is 0 Å². The van der Waals surface area contributed by atoms with Gasteiger partial charge >= 0.3 is 5.97 Å². The van der Waals surface area contributed by atoms with Gasteiger partial charge in [-0.1, -0.05) is 24.3 Å². The van der Waals surface area contributed by atoms with E-state index in [1.807, 2.05) is 18.2 Å². The van der Waals surface area contributed by atoms with Crippen LogP contribution < -0.4 is 9.47 Å². The van der Waals surface area contributed by atoms with Crippen molar-refractivity contribution < 1.29 is 24.1 Å². The van der Waals surface area contributed by atoms with Gasteiger partial charge < -0.3 is 24.3 Å². The number of allylic oxidation sites excluding steroid dienone is 1. The van der Waals surface area contributed by atoms with Crippen LogP contribution in [-0.2, 0) is 9.53 Å². The number of H-pyrrole nitrogens is 1. The van der Waals surface area contributed by atoms with Crippen molar-refractivity contribution in [2.24, 2.45) is 0 Å². The zero-order valence-electron chi connectivity index (χ0n) is 14.6. The number of nitriles is 1. The molecule has 140 valence electrons. The predicted octanol–water partition coefficient (Wildman–Crippen LogP) is 2.74. The van der Waals surface area contributed by atoms with Gasteiger partial charge in [-0.25, -0.2) is 9.78 Å². The fraction of sp³-hybridized carbons (Fsp3) is 0.150. The lowest BCUT2D eigenvalue weighted by Gasteiger charge is -2.24. The van der Waals surface area contributed by atoms with Gasteiger partial charge in [0.2, 0.25) is 6.10 Å². The number of aromatic nitrogens is 2. The second-order valence-corrected chi connectivity index (χ2v) is 6.01. The Morgan fingerprint density at radius 1 is 1.25 bits per heavy atom. The zero-order valence-corrected chi connectivity index (χ0v) is 14.6. The maximum atomic E-state index is 12.2. The molecular formula is C20H15N3O5. The Morgan fingerprint density at radius 3 is 2.79 bits per heavy atom. The Hall–Kier alpha value is -3.99. The number of rotatable bonds is 4. The summed E-state index contributed by atoms with van der Waals surface area (Å²) in [6.45, 7) is -0.491. The first-order valence-electron chi connectivity index (χ1n) is 8.48. The van der Waals surface area contributed by atoms with Crippen molar-refractivity contribution in [1.82, 2.24) is 9.97 Å². The number of aliphatic hydroxyl groups excluding tert-OH is 1. The van der Waals surface area contributed by atoms with Crippen molar-refractivity contribution in [2.75, 3.05) is 13.2 Å². The van der Waals surface area contributed by atoms with Crippen LogP contribution in [0.15, 0.2) is 54.3 Å². The smallest absolute Gasteiger partial charge is 0.351 e. The van der Waals surface area contributed by atoms with E-state index in [0.29, 0.717) is 17.0 Å². The van der Waals surface area contributed by atoms with E-state index < -0.39 is 24.4 Å². The third-order valence-corrected chi connectivity index (χ3v) is 4.15. The van der Waals surface area contributed by atoms with Gasteiger partial charge in [0.05, 0.1) is 11.0 Å². The maximum absolute atomic E-state index is 12.2. The first-order valence-corrected chi connectivity index (χ1v) is 8.48. The van der Waals surface area contributed by atoms with Gasteiger partial charge in [0.1, 0.15) is 24.9 Å². The minimum atomic E-state index is -0.959. The second kappa shape index (κ2) is 7.32. The molecule has 0 bridgehead atoms. The molecule has 8 nitrogen and oxygen atoms in total. The summed E-state index contributed by atoms with van der Waals surface area (Å²) in [4.78, 5) is 19.5. The average Bonchev–Trinajstić information content (AvgIpc) is 3.15. The summed E-state index contributed by atoms with van der Waals surface area (Å²) in [5, 5.41) is 19.6. The highest BCUT2D eigenvalue weighted by Gasteiger charge is 2.29. The molecule has 0 saturated carbocycles. The van der Waals surface area contributed by atoms with E-state index in [0.717, 1.165) is 5.52 Å². The molecule has 2 aromatic carbocycles. The van der Waals surface area contributed by atoms with Crippen molar-refractivity contribution in [2.45, 2.75) is 6.10 Å². The molecule has 1 atom stereocenters. The molecule has 8 heteroatoms. The third kappa shape index (κ3) is 3.33. The lowest BCUT2D eigenvalue weighted by atomic mass is 10.2. The molecule has 28 heavy (non-hydrogen) atoms. The number of hydrogen-bond acceptors (Lipinski definition) is 7. The molecule has 1 aliphatic rings. The number of para-hydroxylation sites is 4. The summed E-state index contributed by atoms with van der Waals surface area (Å²) in [7, 11) is 0. The minimum absolute atomic E-state index is 0.00496. The Balaban J connectivity index is 1.46. The molecule has 2 heterocycles. The summed E-state index contributed by atoms with van der Waals surface area (Å²) in [6, 6.07) is 16.1. The highest BCUT2D eigenvalue weighted by atomic mass is 16.6. The highest BCUT2D eigenvalue weighted by Crippen LogP contribution is 2.31. The number of benzene rings is 2. The van der Waals surface area contributed by atoms with E-state index in [2.05, 4.69) is 9.97 Å². The van der Waals surface area contributed by atoms with Crippen LogP contribution in [0, 0.1) is 11.3 Å². The van der Waals surface area contributed by atoms with Crippen LogP contribution in [0.1, 0.15) is 5.82 Å². The number of aliphatic hydroxyl groups is 1. The molecule has 3 aromatic rings. The molecule has 4 rings (SSSR count). The van der Waals surface area contributed by atoms with Gasteiger partial charge in [0, 0.05) is 0 Å². The third-order valence-electron chi connectivity index (χ3n) is 4.15. The van der Waals surface area contributed by atoms with Crippen LogP contribution in [0.3, 0.4) is 0 Å². The van der Waals surface area contributed by atoms with Gasteiger partial charge in [0.25, 0.3) is 0 Å². The summed E-state index contributed by atoms with van der Waals surface area (Å²) in [5.74, 6) is 0.0693. The fourth-order valence-corrected chi connectivity index (χ4v) is 2.77. The quantitative estimate of drug-likeness (QED) is 0.408. The summed E-state index contributed by atoms with van der Waals surface area (Å²) in [5.41, 5.74) is 1.28. The topological polar surface area (TPSA) is 117 Å². The molecule has 0 aliphatic carbocycles. The number of aromatic amines is 1. The van der Waals surface area contributed by atoms with Gasteiger partial charge in [-0.2, -0.15) is 5.26 Å². The molecule has 0 amide bonds. The average molecular weight is 377 g/mol. The normalized spacial score (nSPS) is 16.2. The van der Waals surface area contributed by atoms with E-state index in [9.17, 15) is 15.2 Å². The lowest BCUT2D eigenvalue weighted by molar-refractivity contribution is -0.154. The number of nitrogens with zero attached hydrogens (tertiary/aromatic N) is 2. The van der Waals surface area contributed by atoms with E-state index in [4.69, 9.17) is 14.2 Å². The number of carbonyl (C=O) groups excluding carboxylic acids is 1. The molecule has 1 aliphatic heterocycles. The van der Waals surface area contributed by atoms with Gasteiger partial charge in [0.15, 0.2) is 23.1 Å².